The summed E-state index contributed by atoms with van der Waals surface area (Å²) in [7, 11) is 0. The van der Waals surface area contributed by atoms with Crippen LogP contribution in [0.2, 0.25) is 0 Å². The van der Waals surface area contributed by atoms with Crippen LogP contribution in [0.5, 0.6) is 0 Å². The van der Waals surface area contributed by atoms with Gasteiger partial charge < -0.3 is 0 Å². The average Bonchev–Trinajstić information content (AvgIpc) is 2.69. The zero-order valence-corrected chi connectivity index (χ0v) is 11.6. The van der Waals surface area contributed by atoms with Gasteiger partial charge in [0.25, 0.3) is 0 Å². The third-order valence-corrected chi connectivity index (χ3v) is 5.04. The van der Waals surface area contributed by atoms with Crippen LogP contribution in [0, 0.1) is 23.7 Å². The van der Waals surface area contributed by atoms with E-state index in [2.05, 4.69) is 26.0 Å². The molecular weight excluding hydrogens is 220 g/mol. The summed E-state index contributed by atoms with van der Waals surface area (Å²) in [5.41, 5.74) is 3.17. The molecule has 18 heavy (non-hydrogen) atoms. The van der Waals surface area contributed by atoms with E-state index >= 15 is 0 Å². The first kappa shape index (κ1) is 12.2. The van der Waals surface area contributed by atoms with Crippen LogP contribution in [0.3, 0.4) is 0 Å². The van der Waals surface area contributed by atoms with E-state index in [1.54, 1.807) is 11.1 Å². The van der Waals surface area contributed by atoms with Crippen LogP contribution in [0.25, 0.3) is 0 Å². The predicted octanol–water partition coefficient (Wildman–Crippen LogP) is 4.29. The summed E-state index contributed by atoms with van der Waals surface area (Å²) in [6.07, 6.45) is 11.7. The van der Waals surface area contributed by atoms with Gasteiger partial charge in [0, 0.05) is 12.3 Å². The van der Waals surface area contributed by atoms with Crippen molar-refractivity contribution in [2.45, 2.75) is 52.4 Å². The van der Waals surface area contributed by atoms with Crippen molar-refractivity contribution in [3.05, 3.63) is 23.3 Å². The first-order valence-electron chi connectivity index (χ1n) is 7.58. The second-order valence-electron chi connectivity index (χ2n) is 6.72. The van der Waals surface area contributed by atoms with Gasteiger partial charge in [0.05, 0.1) is 0 Å². The molecule has 1 heteroatoms. The van der Waals surface area contributed by atoms with Gasteiger partial charge in [0.2, 0.25) is 0 Å². The van der Waals surface area contributed by atoms with Crippen molar-refractivity contribution in [3.63, 3.8) is 0 Å². The Morgan fingerprint density at radius 1 is 1.06 bits per heavy atom. The van der Waals surface area contributed by atoms with Crippen molar-refractivity contribution >= 4 is 5.78 Å². The fourth-order valence-electron chi connectivity index (χ4n) is 4.24. The van der Waals surface area contributed by atoms with Gasteiger partial charge in [-0.25, -0.2) is 0 Å². The summed E-state index contributed by atoms with van der Waals surface area (Å²) < 4.78 is 0. The zero-order valence-electron chi connectivity index (χ0n) is 11.6. The Morgan fingerprint density at radius 2 is 1.89 bits per heavy atom. The number of carbonyl (C=O) groups excluding carboxylic acids is 1. The maximum absolute atomic E-state index is 11.8. The van der Waals surface area contributed by atoms with Crippen molar-refractivity contribution in [2.24, 2.45) is 23.7 Å². The molecular formula is C17H24O. The SMILES string of the molecule is CC1C=C(C2=CC3CCC(=O)C3CC2)CC(C)C1. The van der Waals surface area contributed by atoms with Crippen LogP contribution in [-0.2, 0) is 4.79 Å². The predicted molar refractivity (Wildman–Crippen MR) is 74.2 cm³/mol. The fraction of sp³-hybridized carbons (Fsp3) is 0.706. The lowest BCUT2D eigenvalue weighted by Gasteiger charge is -2.29. The Morgan fingerprint density at radius 3 is 2.67 bits per heavy atom. The van der Waals surface area contributed by atoms with Crippen molar-refractivity contribution in [1.29, 1.82) is 0 Å². The maximum Gasteiger partial charge on any atom is 0.136 e. The van der Waals surface area contributed by atoms with Crippen LogP contribution in [0.1, 0.15) is 52.4 Å². The molecule has 0 amide bonds. The Balaban J connectivity index is 1.81. The van der Waals surface area contributed by atoms with E-state index in [0.29, 0.717) is 17.6 Å². The van der Waals surface area contributed by atoms with E-state index in [0.717, 1.165) is 37.5 Å². The van der Waals surface area contributed by atoms with Gasteiger partial charge in [-0.15, -0.1) is 0 Å². The minimum Gasteiger partial charge on any atom is -0.299 e. The standard InChI is InChI=1S/C17H24O/c1-11-7-12(2)9-15(8-11)13-3-5-16-14(10-13)4-6-17(16)18/h8,10-12,14,16H,3-7,9H2,1-2H3. The number of allylic oxidation sites excluding steroid dienone is 4. The summed E-state index contributed by atoms with van der Waals surface area (Å²) in [5.74, 6) is 3.01. The maximum atomic E-state index is 11.8. The molecule has 98 valence electrons. The van der Waals surface area contributed by atoms with E-state index in [1.165, 1.54) is 12.8 Å². The van der Waals surface area contributed by atoms with Gasteiger partial charge in [-0.2, -0.15) is 0 Å². The lowest BCUT2D eigenvalue weighted by atomic mass is 9.75. The first-order chi connectivity index (χ1) is 8.63. The molecule has 4 atom stereocenters. The van der Waals surface area contributed by atoms with Gasteiger partial charge in [-0.1, -0.05) is 26.0 Å². The number of ketones is 1. The smallest absolute Gasteiger partial charge is 0.136 e. The van der Waals surface area contributed by atoms with Crippen LogP contribution in [-0.4, -0.2) is 5.78 Å². The molecule has 0 aromatic heterocycles. The van der Waals surface area contributed by atoms with E-state index in [-0.39, 0.29) is 0 Å². The lowest BCUT2D eigenvalue weighted by Crippen LogP contribution is -2.19. The molecule has 0 radical (unpaired) electrons. The second kappa shape index (κ2) is 4.68. The van der Waals surface area contributed by atoms with Crippen molar-refractivity contribution < 1.29 is 4.79 Å². The summed E-state index contributed by atoms with van der Waals surface area (Å²) in [4.78, 5) is 11.8. The van der Waals surface area contributed by atoms with Crippen molar-refractivity contribution in [1.82, 2.24) is 0 Å². The van der Waals surface area contributed by atoms with E-state index < -0.39 is 0 Å². The molecule has 1 saturated carbocycles. The van der Waals surface area contributed by atoms with E-state index in [4.69, 9.17) is 0 Å². The Kier molecular flexibility index (Phi) is 3.17. The van der Waals surface area contributed by atoms with Crippen LogP contribution >= 0.6 is 0 Å². The monoisotopic (exact) mass is 244 g/mol. The highest BCUT2D eigenvalue weighted by atomic mass is 16.1. The van der Waals surface area contributed by atoms with Gasteiger partial charge in [-0.05, 0) is 61.0 Å². The molecule has 0 aromatic rings. The van der Waals surface area contributed by atoms with Crippen LogP contribution in [0.4, 0.5) is 0 Å². The van der Waals surface area contributed by atoms with Crippen molar-refractivity contribution in [2.75, 3.05) is 0 Å². The molecule has 4 unspecified atom stereocenters. The number of fused-ring (bicyclic) bond motifs is 1. The van der Waals surface area contributed by atoms with E-state index in [9.17, 15) is 4.79 Å². The molecule has 0 heterocycles. The van der Waals surface area contributed by atoms with Gasteiger partial charge >= 0.3 is 0 Å². The second-order valence-corrected chi connectivity index (χ2v) is 6.72. The highest BCUT2D eigenvalue weighted by Gasteiger charge is 2.36. The average molecular weight is 244 g/mol. The molecule has 0 spiro atoms. The summed E-state index contributed by atoms with van der Waals surface area (Å²) in [5, 5.41) is 0. The highest BCUT2D eigenvalue weighted by molar-refractivity contribution is 5.84. The van der Waals surface area contributed by atoms with Gasteiger partial charge in [0.1, 0.15) is 5.78 Å². The normalized spacial score (nSPS) is 40.2. The van der Waals surface area contributed by atoms with Gasteiger partial charge in [-0.3, -0.25) is 4.79 Å². The molecule has 0 N–H and O–H groups in total. The highest BCUT2D eigenvalue weighted by Crippen LogP contribution is 2.42. The van der Waals surface area contributed by atoms with Gasteiger partial charge in [0.15, 0.2) is 0 Å². The number of rotatable bonds is 1. The minimum atomic E-state index is 0.368. The zero-order chi connectivity index (χ0) is 12.7. The third kappa shape index (κ3) is 2.20. The molecule has 1 nitrogen and oxygen atoms in total. The van der Waals surface area contributed by atoms with Crippen LogP contribution in [0.15, 0.2) is 23.3 Å². The van der Waals surface area contributed by atoms with Crippen LogP contribution < -0.4 is 0 Å². The van der Waals surface area contributed by atoms with Crippen molar-refractivity contribution in [3.8, 4) is 0 Å². The Hall–Kier alpha value is -0.850. The molecule has 1 fully saturated rings. The molecule has 3 aliphatic rings. The molecule has 0 aliphatic heterocycles. The molecule has 0 saturated heterocycles. The molecule has 0 bridgehead atoms. The molecule has 0 aromatic carbocycles. The van der Waals surface area contributed by atoms with E-state index in [1.807, 2.05) is 0 Å². The summed E-state index contributed by atoms with van der Waals surface area (Å²) in [6.45, 7) is 4.70. The Labute approximate surface area is 110 Å². The number of hydrogen-bond donors (Lipinski definition) is 0. The summed E-state index contributed by atoms with van der Waals surface area (Å²) in [6, 6.07) is 0. The number of hydrogen-bond acceptors (Lipinski definition) is 1. The molecule has 3 rings (SSSR count). The minimum absolute atomic E-state index is 0.368. The number of Topliss-reactive ketones (excluding diaryl/α,β-unsaturated/α-hetero) is 1. The largest absolute Gasteiger partial charge is 0.299 e. The quantitative estimate of drug-likeness (QED) is 0.672. The third-order valence-electron chi connectivity index (χ3n) is 5.04. The number of carbonyl (C=O) groups is 1. The topological polar surface area (TPSA) is 17.1 Å². The lowest BCUT2D eigenvalue weighted by molar-refractivity contribution is -0.121. The molecule has 3 aliphatic carbocycles. The Bertz CT molecular complexity index is 415. The first-order valence-corrected chi connectivity index (χ1v) is 7.58. The summed E-state index contributed by atoms with van der Waals surface area (Å²) >= 11 is 0. The fourth-order valence-corrected chi connectivity index (χ4v) is 4.24.